The summed E-state index contributed by atoms with van der Waals surface area (Å²) in [7, 11) is -3.58. The summed E-state index contributed by atoms with van der Waals surface area (Å²) in [6, 6.07) is 12.0. The highest BCUT2D eigenvalue weighted by Gasteiger charge is 2.40. The number of halogens is 1. The van der Waals surface area contributed by atoms with Gasteiger partial charge in [-0.2, -0.15) is 0 Å². The molecule has 9 heteroatoms. The van der Waals surface area contributed by atoms with E-state index in [2.05, 4.69) is 10.3 Å². The van der Waals surface area contributed by atoms with Crippen LogP contribution in [0.15, 0.2) is 53.4 Å². The maximum atomic E-state index is 13.0. The van der Waals surface area contributed by atoms with E-state index in [-0.39, 0.29) is 30.4 Å². The number of rotatable bonds is 4. The van der Waals surface area contributed by atoms with Crippen LogP contribution in [0.5, 0.6) is 0 Å². The quantitative estimate of drug-likeness (QED) is 0.642. The van der Waals surface area contributed by atoms with Crippen LogP contribution in [0.4, 0.5) is 4.39 Å². The lowest BCUT2D eigenvalue weighted by molar-refractivity contribution is -0.135. The first kappa shape index (κ1) is 16.6. The maximum absolute atomic E-state index is 13.0. The van der Waals surface area contributed by atoms with Crippen LogP contribution in [-0.2, 0) is 21.2 Å². The van der Waals surface area contributed by atoms with E-state index < -0.39 is 20.9 Å². The van der Waals surface area contributed by atoms with Crippen molar-refractivity contribution >= 4 is 26.8 Å². The smallest absolute Gasteiger partial charge is 0.244 e. The van der Waals surface area contributed by atoms with Crippen molar-refractivity contribution in [2.24, 2.45) is 0 Å². The van der Waals surface area contributed by atoms with Gasteiger partial charge in [0.2, 0.25) is 5.91 Å². The van der Waals surface area contributed by atoms with E-state index in [1.807, 2.05) is 18.2 Å². The van der Waals surface area contributed by atoms with Gasteiger partial charge in [0.15, 0.2) is 9.84 Å². The van der Waals surface area contributed by atoms with Gasteiger partial charge < -0.3 is 4.90 Å². The number of fused-ring (bicyclic) bond motifs is 1. The molecule has 134 valence electrons. The minimum absolute atomic E-state index is 0.00380. The SMILES string of the molecule is O=C(Cn1nnc2ccccc21)N1CC(S(=O)(=O)c2ccc(F)cc2)C1. The molecule has 26 heavy (non-hydrogen) atoms. The summed E-state index contributed by atoms with van der Waals surface area (Å²) < 4.78 is 39.5. The van der Waals surface area contributed by atoms with Crippen LogP contribution in [0.1, 0.15) is 0 Å². The van der Waals surface area contributed by atoms with E-state index in [0.29, 0.717) is 5.52 Å². The second-order valence-corrected chi connectivity index (χ2v) is 8.38. The molecule has 1 aromatic heterocycles. The second kappa shape index (κ2) is 6.17. The third kappa shape index (κ3) is 2.84. The van der Waals surface area contributed by atoms with Crippen LogP contribution in [0.2, 0.25) is 0 Å². The highest BCUT2D eigenvalue weighted by atomic mass is 32.2. The fraction of sp³-hybridized carbons (Fsp3) is 0.235. The van der Waals surface area contributed by atoms with E-state index >= 15 is 0 Å². The number of hydrogen-bond donors (Lipinski definition) is 0. The third-order valence-electron chi connectivity index (χ3n) is 4.49. The molecular weight excluding hydrogens is 359 g/mol. The van der Waals surface area contributed by atoms with Crippen molar-refractivity contribution in [3.8, 4) is 0 Å². The van der Waals surface area contributed by atoms with E-state index in [9.17, 15) is 17.6 Å². The molecule has 1 aliphatic rings. The molecule has 0 unspecified atom stereocenters. The average Bonchev–Trinajstić information content (AvgIpc) is 2.97. The van der Waals surface area contributed by atoms with Gasteiger partial charge in [-0.15, -0.1) is 5.10 Å². The molecule has 3 aromatic rings. The highest BCUT2D eigenvalue weighted by molar-refractivity contribution is 7.92. The number of likely N-dealkylation sites (tertiary alicyclic amines) is 1. The Morgan fingerprint density at radius 3 is 2.54 bits per heavy atom. The molecular formula is C17H15FN4O3S. The van der Waals surface area contributed by atoms with Crippen LogP contribution >= 0.6 is 0 Å². The van der Waals surface area contributed by atoms with E-state index in [1.165, 1.54) is 21.7 Å². The van der Waals surface area contributed by atoms with Crippen LogP contribution in [0.3, 0.4) is 0 Å². The number of carbonyl (C=O) groups is 1. The van der Waals surface area contributed by atoms with Crippen LogP contribution in [0, 0.1) is 5.82 Å². The van der Waals surface area contributed by atoms with Gasteiger partial charge >= 0.3 is 0 Å². The molecule has 1 aliphatic heterocycles. The Morgan fingerprint density at radius 2 is 1.81 bits per heavy atom. The lowest BCUT2D eigenvalue weighted by Crippen LogP contribution is -2.57. The summed E-state index contributed by atoms with van der Waals surface area (Å²) in [4.78, 5) is 13.9. The number of benzene rings is 2. The van der Waals surface area contributed by atoms with Crippen molar-refractivity contribution in [3.63, 3.8) is 0 Å². The standard InChI is InChI=1S/C17H15FN4O3S/c18-12-5-7-13(8-6-12)26(24,25)14-9-21(10-14)17(23)11-22-16-4-2-1-3-15(16)19-20-22/h1-8,14H,9-11H2. The van der Waals surface area contributed by atoms with E-state index in [4.69, 9.17) is 0 Å². The third-order valence-corrected chi connectivity index (χ3v) is 6.59. The van der Waals surface area contributed by atoms with Crippen LogP contribution in [0.25, 0.3) is 11.0 Å². The van der Waals surface area contributed by atoms with Crippen LogP contribution in [-0.4, -0.2) is 52.6 Å². The normalized spacial score (nSPS) is 15.2. The van der Waals surface area contributed by atoms with E-state index in [0.717, 1.165) is 17.6 Å². The zero-order valence-corrected chi connectivity index (χ0v) is 14.4. The fourth-order valence-corrected chi connectivity index (χ4v) is 4.57. The molecule has 0 aliphatic carbocycles. The second-order valence-electron chi connectivity index (χ2n) is 6.16. The first-order chi connectivity index (χ1) is 12.4. The summed E-state index contributed by atoms with van der Waals surface area (Å²) in [5.41, 5.74) is 1.44. The van der Waals surface area contributed by atoms with Gasteiger partial charge in [-0.1, -0.05) is 17.3 Å². The minimum Gasteiger partial charge on any atom is -0.338 e. The molecule has 1 fully saturated rings. The van der Waals surface area contributed by atoms with Gasteiger partial charge in [0.1, 0.15) is 23.1 Å². The largest absolute Gasteiger partial charge is 0.338 e. The van der Waals surface area contributed by atoms with Gasteiger partial charge in [-0.25, -0.2) is 17.5 Å². The Balaban J connectivity index is 1.42. The first-order valence-corrected chi connectivity index (χ1v) is 9.55. The van der Waals surface area contributed by atoms with Crippen molar-refractivity contribution < 1.29 is 17.6 Å². The van der Waals surface area contributed by atoms with Crippen molar-refractivity contribution in [2.75, 3.05) is 13.1 Å². The van der Waals surface area contributed by atoms with Gasteiger partial charge in [0.25, 0.3) is 0 Å². The average molecular weight is 374 g/mol. The molecule has 0 spiro atoms. The Hall–Kier alpha value is -2.81. The Morgan fingerprint density at radius 1 is 1.12 bits per heavy atom. The van der Waals surface area contributed by atoms with Crippen molar-refractivity contribution in [3.05, 3.63) is 54.3 Å². The van der Waals surface area contributed by atoms with E-state index in [1.54, 1.807) is 6.07 Å². The summed E-state index contributed by atoms with van der Waals surface area (Å²) >= 11 is 0. The Kier molecular flexibility index (Phi) is 3.95. The molecule has 0 atom stereocenters. The highest BCUT2D eigenvalue weighted by Crippen LogP contribution is 2.24. The zero-order chi connectivity index (χ0) is 18.3. The summed E-state index contributed by atoms with van der Waals surface area (Å²) in [5.74, 6) is -0.708. The zero-order valence-electron chi connectivity index (χ0n) is 13.6. The van der Waals surface area contributed by atoms with Crippen molar-refractivity contribution in [2.45, 2.75) is 16.7 Å². The molecule has 1 saturated heterocycles. The molecule has 0 N–H and O–H groups in total. The number of sulfone groups is 1. The predicted molar refractivity (Wildman–Crippen MR) is 91.5 cm³/mol. The molecule has 2 heterocycles. The molecule has 0 radical (unpaired) electrons. The van der Waals surface area contributed by atoms with Gasteiger partial charge in [0, 0.05) is 13.1 Å². The number of hydrogen-bond acceptors (Lipinski definition) is 5. The lowest BCUT2D eigenvalue weighted by Gasteiger charge is -2.38. The lowest BCUT2D eigenvalue weighted by atomic mass is 10.2. The number of amides is 1. The fourth-order valence-electron chi connectivity index (χ4n) is 2.92. The first-order valence-electron chi connectivity index (χ1n) is 8.00. The monoisotopic (exact) mass is 374 g/mol. The summed E-state index contributed by atoms with van der Waals surface area (Å²) in [5, 5.41) is 7.28. The van der Waals surface area contributed by atoms with Gasteiger partial charge in [-0.3, -0.25) is 4.79 Å². The summed E-state index contributed by atoms with van der Waals surface area (Å²) in [6.45, 7) is 0.236. The van der Waals surface area contributed by atoms with Crippen molar-refractivity contribution in [1.82, 2.24) is 19.9 Å². The molecule has 2 aromatic carbocycles. The number of aromatic nitrogens is 3. The number of para-hydroxylation sites is 1. The maximum Gasteiger partial charge on any atom is 0.244 e. The molecule has 0 saturated carbocycles. The van der Waals surface area contributed by atoms with Gasteiger partial charge in [0.05, 0.1) is 10.4 Å². The predicted octanol–water partition coefficient (Wildman–Crippen LogP) is 1.26. The Bertz CT molecular complexity index is 1070. The number of nitrogens with zero attached hydrogens (tertiary/aromatic N) is 4. The topological polar surface area (TPSA) is 85.2 Å². The Labute approximate surface area is 148 Å². The molecule has 1 amide bonds. The molecule has 4 rings (SSSR count). The molecule has 0 bridgehead atoms. The number of carbonyl (C=O) groups excluding carboxylic acids is 1. The minimum atomic E-state index is -3.58. The molecule has 7 nitrogen and oxygen atoms in total. The van der Waals surface area contributed by atoms with Gasteiger partial charge in [-0.05, 0) is 36.4 Å². The summed E-state index contributed by atoms with van der Waals surface area (Å²) in [6.07, 6.45) is 0. The van der Waals surface area contributed by atoms with Crippen molar-refractivity contribution in [1.29, 1.82) is 0 Å². The van der Waals surface area contributed by atoms with Crippen LogP contribution < -0.4 is 0 Å².